The molecule has 124 valence electrons. The van der Waals surface area contributed by atoms with Crippen molar-refractivity contribution < 1.29 is 9.53 Å². The first-order chi connectivity index (χ1) is 10.2. The van der Waals surface area contributed by atoms with Gasteiger partial charge in [-0.15, -0.1) is 0 Å². The summed E-state index contributed by atoms with van der Waals surface area (Å²) in [5, 5.41) is 0. The highest BCUT2D eigenvalue weighted by Gasteiger charge is 2.36. The second kappa shape index (κ2) is 9.34. The quantitative estimate of drug-likeness (QED) is 0.443. The zero-order valence-electron chi connectivity index (χ0n) is 14.4. The fourth-order valence-electron chi connectivity index (χ4n) is 2.50. The Kier molecular flexibility index (Phi) is 8.62. The number of ether oxygens (including phenoxy) is 1. The summed E-state index contributed by atoms with van der Waals surface area (Å²) >= 11 is 0. The van der Waals surface area contributed by atoms with Gasteiger partial charge in [0.1, 0.15) is 0 Å². The zero-order chi connectivity index (χ0) is 17.2. The molecule has 0 N–H and O–H groups in total. The number of hydrogen-bond acceptors (Lipinski definition) is 4. The molecule has 0 heterocycles. The van der Waals surface area contributed by atoms with Crippen LogP contribution >= 0.6 is 0 Å². The average molecular weight is 307 g/mol. The molecule has 0 aromatic carbocycles. The maximum absolute atomic E-state index is 10.2. The molecule has 1 aliphatic rings. The van der Waals surface area contributed by atoms with Gasteiger partial charge in [0.2, 0.25) is 0 Å². The van der Waals surface area contributed by atoms with Gasteiger partial charge in [-0.3, -0.25) is 9.98 Å². The van der Waals surface area contributed by atoms with Crippen molar-refractivity contribution >= 4 is 19.4 Å². The van der Waals surface area contributed by atoms with E-state index in [9.17, 15) is 4.79 Å². The molecule has 0 aromatic rings. The highest BCUT2D eigenvalue weighted by molar-refractivity contribution is 5.73. The molecule has 0 saturated heterocycles. The molecule has 0 bridgehead atoms. The number of hydrogen-bond donors (Lipinski definition) is 0. The largest absolute Gasteiger partial charge is 0.460 e. The van der Waals surface area contributed by atoms with E-state index in [4.69, 9.17) is 6.57 Å². The Hall–Kier alpha value is -1.70. The molecule has 0 spiro atoms. The molecule has 1 rings (SSSR count). The normalized spacial score (nSPS) is 24.2. The molecule has 0 atom stereocenters. The summed E-state index contributed by atoms with van der Waals surface area (Å²) in [6.45, 7) is 22.0. The minimum Gasteiger partial charge on any atom is -0.460 e. The summed E-state index contributed by atoms with van der Waals surface area (Å²) in [6, 6.07) is 0. The fourth-order valence-corrected chi connectivity index (χ4v) is 2.50. The Morgan fingerprint density at radius 3 is 2.32 bits per heavy atom. The van der Waals surface area contributed by atoms with E-state index in [0.717, 1.165) is 12.8 Å². The lowest BCUT2D eigenvalue weighted by Gasteiger charge is -2.39. The van der Waals surface area contributed by atoms with Crippen LogP contribution in [0.5, 0.6) is 0 Å². The van der Waals surface area contributed by atoms with Crippen LogP contribution in [0.2, 0.25) is 0 Å². The van der Waals surface area contributed by atoms with Crippen LogP contribution in [0.1, 0.15) is 53.4 Å². The van der Waals surface area contributed by atoms with E-state index in [-0.39, 0.29) is 17.6 Å². The molecule has 0 amide bonds. The summed E-state index contributed by atoms with van der Waals surface area (Å²) in [6.07, 6.45) is 4.67. The second-order valence-corrected chi connectivity index (χ2v) is 6.36. The minimum absolute atomic E-state index is 0.0303. The molecular formula is C17H29N3O2. The topological polar surface area (TPSA) is 55.4 Å². The van der Waals surface area contributed by atoms with Crippen LogP contribution in [0.4, 0.5) is 0 Å². The van der Waals surface area contributed by atoms with E-state index in [1.807, 2.05) is 0 Å². The first-order valence-corrected chi connectivity index (χ1v) is 7.69. The van der Waals surface area contributed by atoms with Crippen molar-refractivity contribution in [1.29, 1.82) is 0 Å². The monoisotopic (exact) mass is 307 g/mol. The standard InChI is InChI=1S/C12H22N2.C5H7NO2/c1-11(2,13-4)10-6-8-12(3,14-5)9-7-10;1-3-8-5(7)4-6-2/h10H,4-9H2,1-3H3;3-4H2,1H3. The third-order valence-electron chi connectivity index (χ3n) is 4.36. The Morgan fingerprint density at radius 2 is 1.95 bits per heavy atom. The zero-order valence-corrected chi connectivity index (χ0v) is 14.4. The molecule has 5 nitrogen and oxygen atoms in total. The van der Waals surface area contributed by atoms with E-state index in [1.54, 1.807) is 6.92 Å². The van der Waals surface area contributed by atoms with Crippen LogP contribution in [0.25, 0.3) is 4.85 Å². The summed E-state index contributed by atoms with van der Waals surface area (Å²) < 4.78 is 4.43. The lowest BCUT2D eigenvalue weighted by atomic mass is 9.71. The predicted octanol–water partition coefficient (Wildman–Crippen LogP) is 3.58. The van der Waals surface area contributed by atoms with Crippen molar-refractivity contribution in [3.63, 3.8) is 0 Å². The molecule has 5 heteroatoms. The average Bonchev–Trinajstić information content (AvgIpc) is 2.49. The maximum Gasteiger partial charge on any atom is 0.387 e. The van der Waals surface area contributed by atoms with Crippen LogP contribution in [0, 0.1) is 12.5 Å². The molecule has 0 aromatic heterocycles. The van der Waals surface area contributed by atoms with Gasteiger partial charge in [-0.2, -0.15) is 0 Å². The summed E-state index contributed by atoms with van der Waals surface area (Å²) in [7, 11) is 0. The second-order valence-electron chi connectivity index (χ2n) is 6.36. The van der Waals surface area contributed by atoms with Crippen molar-refractivity contribution in [3.05, 3.63) is 11.4 Å². The predicted molar refractivity (Wildman–Crippen MR) is 91.6 cm³/mol. The van der Waals surface area contributed by atoms with Crippen molar-refractivity contribution in [2.24, 2.45) is 15.9 Å². The minimum atomic E-state index is -0.442. The van der Waals surface area contributed by atoms with Crippen molar-refractivity contribution in [2.75, 3.05) is 13.2 Å². The Labute approximate surface area is 134 Å². The number of aliphatic imine (C=N–C) groups is 2. The molecule has 0 aliphatic heterocycles. The van der Waals surface area contributed by atoms with E-state index < -0.39 is 5.97 Å². The maximum atomic E-state index is 10.2. The summed E-state index contributed by atoms with van der Waals surface area (Å²) in [4.78, 5) is 21.5. The third-order valence-corrected chi connectivity index (χ3v) is 4.36. The van der Waals surface area contributed by atoms with E-state index in [1.165, 1.54) is 12.8 Å². The molecule has 22 heavy (non-hydrogen) atoms. The highest BCUT2D eigenvalue weighted by atomic mass is 16.5. The van der Waals surface area contributed by atoms with Crippen LogP contribution in [-0.4, -0.2) is 43.6 Å². The van der Waals surface area contributed by atoms with Crippen LogP contribution in [0.3, 0.4) is 0 Å². The van der Waals surface area contributed by atoms with Gasteiger partial charge in [-0.25, -0.2) is 11.4 Å². The van der Waals surface area contributed by atoms with Gasteiger partial charge in [0.15, 0.2) is 0 Å². The van der Waals surface area contributed by atoms with Gasteiger partial charge in [-0.1, -0.05) is 0 Å². The van der Waals surface area contributed by atoms with E-state index in [2.05, 4.69) is 53.8 Å². The lowest BCUT2D eigenvalue weighted by molar-refractivity contribution is -0.140. The smallest absolute Gasteiger partial charge is 0.387 e. The highest BCUT2D eigenvalue weighted by Crippen LogP contribution is 2.40. The van der Waals surface area contributed by atoms with Crippen LogP contribution in [-0.2, 0) is 9.53 Å². The number of carbonyl (C=O) groups excluding carboxylic acids is 1. The fraction of sp³-hybridized carbons (Fsp3) is 0.765. The number of esters is 1. The van der Waals surface area contributed by atoms with Crippen molar-refractivity contribution in [2.45, 2.75) is 64.5 Å². The third kappa shape index (κ3) is 6.84. The van der Waals surface area contributed by atoms with Crippen molar-refractivity contribution in [1.82, 2.24) is 0 Å². The number of rotatable bonds is 5. The first kappa shape index (κ1) is 20.3. The molecule has 0 radical (unpaired) electrons. The number of carbonyl (C=O) groups is 1. The van der Waals surface area contributed by atoms with Gasteiger partial charge < -0.3 is 9.58 Å². The summed E-state index contributed by atoms with van der Waals surface area (Å²) in [5.41, 5.74) is 0.149. The van der Waals surface area contributed by atoms with Gasteiger partial charge in [0.25, 0.3) is 0 Å². The van der Waals surface area contributed by atoms with Gasteiger partial charge in [0.05, 0.1) is 17.7 Å². The van der Waals surface area contributed by atoms with E-state index in [0.29, 0.717) is 12.5 Å². The van der Waals surface area contributed by atoms with Gasteiger partial charge >= 0.3 is 12.5 Å². The molecule has 0 unspecified atom stereocenters. The number of nitrogens with zero attached hydrogens (tertiary/aromatic N) is 3. The summed E-state index contributed by atoms with van der Waals surface area (Å²) in [5.74, 6) is 0.220. The van der Waals surface area contributed by atoms with Crippen molar-refractivity contribution in [3.8, 4) is 0 Å². The van der Waals surface area contributed by atoms with Crippen LogP contribution < -0.4 is 0 Å². The molecule has 1 fully saturated rings. The SMILES string of the molecule is C=NC1(C)CCC(C(C)(C)N=C)CC1.[C-]#[N+]CC(=O)OCC. The molecule has 1 saturated carbocycles. The van der Waals surface area contributed by atoms with Gasteiger partial charge in [0, 0.05) is 0 Å². The first-order valence-electron chi connectivity index (χ1n) is 7.69. The van der Waals surface area contributed by atoms with Gasteiger partial charge in [-0.05, 0) is 72.7 Å². The molecule has 1 aliphatic carbocycles. The Bertz CT molecular complexity index is 416. The van der Waals surface area contributed by atoms with Crippen LogP contribution in [0.15, 0.2) is 9.98 Å². The lowest BCUT2D eigenvalue weighted by Crippen LogP contribution is -2.37. The van der Waals surface area contributed by atoms with E-state index >= 15 is 0 Å². The Balaban J connectivity index is 0.000000472. The molecular weight excluding hydrogens is 278 g/mol. The Morgan fingerprint density at radius 1 is 1.41 bits per heavy atom.